The van der Waals surface area contributed by atoms with Crippen LogP contribution in [0.15, 0.2) is 35.1 Å². The lowest BCUT2D eigenvalue weighted by molar-refractivity contribution is 0.0947. The van der Waals surface area contributed by atoms with Crippen molar-refractivity contribution in [3.63, 3.8) is 0 Å². The largest absolute Gasteiger partial charge is 0.467 e. The predicted octanol–water partition coefficient (Wildman–Crippen LogP) is 1.50. The van der Waals surface area contributed by atoms with E-state index in [0.717, 1.165) is 0 Å². The molecule has 0 saturated carbocycles. The minimum atomic E-state index is -0.210. The van der Waals surface area contributed by atoms with Crippen LogP contribution in [0.2, 0.25) is 0 Å². The molecule has 0 aliphatic carbocycles. The molecule has 3 N–H and O–H groups in total. The van der Waals surface area contributed by atoms with Gasteiger partial charge < -0.3 is 15.5 Å². The molecule has 5 heteroatoms. The van der Waals surface area contributed by atoms with E-state index in [9.17, 15) is 4.79 Å². The van der Waals surface area contributed by atoms with Gasteiger partial charge in [0.1, 0.15) is 5.76 Å². The molecule has 2 aromatic heterocycles. The molecule has 0 unspecified atom stereocenters. The summed E-state index contributed by atoms with van der Waals surface area (Å²) >= 11 is 0. The first-order chi connectivity index (χ1) is 8.16. The van der Waals surface area contributed by atoms with Gasteiger partial charge in [-0.1, -0.05) is 0 Å². The summed E-state index contributed by atoms with van der Waals surface area (Å²) in [5.41, 5.74) is 7.20. The van der Waals surface area contributed by atoms with Gasteiger partial charge in [-0.15, -0.1) is 0 Å². The Morgan fingerprint density at radius 2 is 2.41 bits per heavy atom. The molecule has 1 amide bonds. The third-order valence-electron chi connectivity index (χ3n) is 2.36. The van der Waals surface area contributed by atoms with Gasteiger partial charge in [0.2, 0.25) is 0 Å². The number of carbonyl (C=O) groups is 1. The second-order valence-corrected chi connectivity index (χ2v) is 3.66. The maximum absolute atomic E-state index is 11.9. The van der Waals surface area contributed by atoms with Crippen LogP contribution in [-0.2, 0) is 6.54 Å². The number of amides is 1. The molecule has 2 aromatic rings. The molecule has 2 rings (SSSR count). The van der Waals surface area contributed by atoms with Crippen molar-refractivity contribution in [1.82, 2.24) is 10.3 Å². The van der Waals surface area contributed by atoms with Gasteiger partial charge in [0.25, 0.3) is 5.91 Å². The summed E-state index contributed by atoms with van der Waals surface area (Å²) in [5, 5.41) is 2.74. The zero-order chi connectivity index (χ0) is 12.3. The monoisotopic (exact) mass is 231 g/mol. The average Bonchev–Trinajstić information content (AvgIpc) is 2.82. The van der Waals surface area contributed by atoms with Gasteiger partial charge in [0.05, 0.1) is 35.9 Å². The maximum atomic E-state index is 11.9. The Bertz CT molecular complexity index is 521. The van der Waals surface area contributed by atoms with Crippen molar-refractivity contribution in [3.8, 4) is 0 Å². The van der Waals surface area contributed by atoms with Gasteiger partial charge in [-0.25, -0.2) is 0 Å². The number of nitrogens with two attached hydrogens (primary N) is 1. The van der Waals surface area contributed by atoms with Crippen molar-refractivity contribution in [2.75, 3.05) is 5.73 Å². The molecule has 0 aromatic carbocycles. The molecule has 0 aliphatic heterocycles. The standard InChI is InChI=1S/C12H13N3O2/c1-8-11(5-9(13)6-14-8)12(16)15-7-10-3-2-4-17-10/h2-6H,7,13H2,1H3,(H,15,16). The van der Waals surface area contributed by atoms with Crippen molar-refractivity contribution in [2.45, 2.75) is 13.5 Å². The second kappa shape index (κ2) is 4.69. The van der Waals surface area contributed by atoms with Crippen LogP contribution in [0.3, 0.4) is 0 Å². The maximum Gasteiger partial charge on any atom is 0.253 e. The Morgan fingerprint density at radius 1 is 1.59 bits per heavy atom. The quantitative estimate of drug-likeness (QED) is 0.838. The van der Waals surface area contributed by atoms with Gasteiger partial charge >= 0.3 is 0 Å². The number of rotatable bonds is 3. The van der Waals surface area contributed by atoms with Gasteiger partial charge in [0.15, 0.2) is 0 Å². The lowest BCUT2D eigenvalue weighted by Gasteiger charge is -2.06. The van der Waals surface area contributed by atoms with Crippen LogP contribution in [0.5, 0.6) is 0 Å². The zero-order valence-electron chi connectivity index (χ0n) is 9.43. The molecule has 0 bridgehead atoms. The number of aromatic nitrogens is 1. The molecule has 0 fully saturated rings. The summed E-state index contributed by atoms with van der Waals surface area (Å²) in [6, 6.07) is 5.18. The Balaban J connectivity index is 2.07. The number of carbonyl (C=O) groups excluding carboxylic acids is 1. The second-order valence-electron chi connectivity index (χ2n) is 3.66. The van der Waals surface area contributed by atoms with Crippen molar-refractivity contribution < 1.29 is 9.21 Å². The van der Waals surface area contributed by atoms with Crippen LogP contribution in [0.4, 0.5) is 5.69 Å². The van der Waals surface area contributed by atoms with Crippen molar-refractivity contribution in [1.29, 1.82) is 0 Å². The predicted molar refractivity (Wildman–Crippen MR) is 63.3 cm³/mol. The lowest BCUT2D eigenvalue weighted by atomic mass is 10.2. The van der Waals surface area contributed by atoms with Crippen LogP contribution in [-0.4, -0.2) is 10.9 Å². The molecule has 17 heavy (non-hydrogen) atoms. The first kappa shape index (κ1) is 11.2. The van der Waals surface area contributed by atoms with Crippen molar-refractivity contribution in [3.05, 3.63) is 47.7 Å². The van der Waals surface area contributed by atoms with Gasteiger partial charge in [-0.2, -0.15) is 0 Å². The topological polar surface area (TPSA) is 81.1 Å². The lowest BCUT2D eigenvalue weighted by Crippen LogP contribution is -2.23. The third kappa shape index (κ3) is 2.63. The molecular weight excluding hydrogens is 218 g/mol. The molecule has 88 valence electrons. The van der Waals surface area contributed by atoms with E-state index in [2.05, 4.69) is 10.3 Å². The fourth-order valence-corrected chi connectivity index (χ4v) is 1.45. The zero-order valence-corrected chi connectivity index (χ0v) is 9.43. The molecule has 0 atom stereocenters. The molecule has 5 nitrogen and oxygen atoms in total. The van der Waals surface area contributed by atoms with Gasteiger partial charge in [-0.05, 0) is 25.1 Å². The Morgan fingerprint density at radius 3 is 3.12 bits per heavy atom. The van der Waals surface area contributed by atoms with Crippen LogP contribution < -0.4 is 11.1 Å². The fraction of sp³-hybridized carbons (Fsp3) is 0.167. The number of nitrogens with one attached hydrogen (secondary N) is 1. The first-order valence-electron chi connectivity index (χ1n) is 5.19. The summed E-state index contributed by atoms with van der Waals surface area (Å²) in [4.78, 5) is 15.9. The number of hydrogen-bond donors (Lipinski definition) is 2. The summed E-state index contributed by atoms with van der Waals surface area (Å²) in [5.74, 6) is 0.492. The number of aryl methyl sites for hydroxylation is 1. The smallest absolute Gasteiger partial charge is 0.253 e. The van der Waals surface area contributed by atoms with Crippen LogP contribution in [0.25, 0.3) is 0 Å². The van der Waals surface area contributed by atoms with Gasteiger partial charge in [-0.3, -0.25) is 9.78 Å². The van der Waals surface area contributed by atoms with Crippen molar-refractivity contribution in [2.24, 2.45) is 0 Å². The van der Waals surface area contributed by atoms with Crippen LogP contribution >= 0.6 is 0 Å². The summed E-state index contributed by atoms with van der Waals surface area (Å²) < 4.78 is 5.12. The number of hydrogen-bond acceptors (Lipinski definition) is 4. The number of pyridine rings is 1. The van der Waals surface area contributed by atoms with Gasteiger partial charge in [0, 0.05) is 0 Å². The molecule has 0 spiro atoms. The van der Waals surface area contributed by atoms with E-state index >= 15 is 0 Å². The van der Waals surface area contributed by atoms with Crippen LogP contribution in [0.1, 0.15) is 21.8 Å². The number of nitrogens with zero attached hydrogens (tertiary/aromatic N) is 1. The SMILES string of the molecule is Cc1ncc(N)cc1C(=O)NCc1ccco1. The van der Waals surface area contributed by atoms with E-state index in [-0.39, 0.29) is 5.91 Å². The normalized spacial score (nSPS) is 10.2. The third-order valence-corrected chi connectivity index (χ3v) is 2.36. The van der Waals surface area contributed by atoms with E-state index in [1.165, 1.54) is 6.20 Å². The van der Waals surface area contributed by atoms with E-state index < -0.39 is 0 Å². The first-order valence-corrected chi connectivity index (χ1v) is 5.19. The molecule has 0 aliphatic rings. The molecule has 0 radical (unpaired) electrons. The average molecular weight is 231 g/mol. The Labute approximate surface area is 98.6 Å². The minimum Gasteiger partial charge on any atom is -0.467 e. The summed E-state index contributed by atoms with van der Waals surface area (Å²) in [6.45, 7) is 2.11. The molecule has 0 saturated heterocycles. The highest BCUT2D eigenvalue weighted by Crippen LogP contribution is 2.09. The Hall–Kier alpha value is -2.30. The fourth-order valence-electron chi connectivity index (χ4n) is 1.45. The molecular formula is C12H13N3O2. The van der Waals surface area contributed by atoms with Crippen molar-refractivity contribution >= 4 is 11.6 Å². The minimum absolute atomic E-state index is 0.210. The Kier molecular flexibility index (Phi) is 3.09. The van der Waals surface area contributed by atoms with E-state index in [0.29, 0.717) is 29.2 Å². The highest BCUT2D eigenvalue weighted by Gasteiger charge is 2.10. The summed E-state index contributed by atoms with van der Waals surface area (Å²) in [6.07, 6.45) is 3.09. The van der Waals surface area contributed by atoms with E-state index in [1.54, 1.807) is 31.4 Å². The number of anilines is 1. The number of furan rings is 1. The van der Waals surface area contributed by atoms with E-state index in [1.807, 2.05) is 0 Å². The van der Waals surface area contributed by atoms with E-state index in [4.69, 9.17) is 10.2 Å². The van der Waals surface area contributed by atoms with Crippen LogP contribution in [0, 0.1) is 6.92 Å². The highest BCUT2D eigenvalue weighted by molar-refractivity contribution is 5.95. The molecule has 2 heterocycles. The highest BCUT2D eigenvalue weighted by atomic mass is 16.3. The number of nitrogen functional groups attached to an aromatic ring is 1. The summed E-state index contributed by atoms with van der Waals surface area (Å²) in [7, 11) is 0.